The van der Waals surface area contributed by atoms with Gasteiger partial charge in [0.25, 0.3) is 5.91 Å². The molecule has 6 aromatic rings. The smallest absolute Gasteiger partial charge is 0.255 e. The number of amides is 1. The average Bonchev–Trinajstić information content (AvgIpc) is 3.61. The fourth-order valence-electron chi connectivity index (χ4n) is 7.23. The van der Waals surface area contributed by atoms with Crippen molar-refractivity contribution in [2.24, 2.45) is 0 Å². The van der Waals surface area contributed by atoms with Crippen molar-refractivity contribution in [3.63, 3.8) is 0 Å². The molecule has 8 heteroatoms. The van der Waals surface area contributed by atoms with E-state index in [9.17, 15) is 4.79 Å². The third-order valence-corrected chi connectivity index (χ3v) is 13.4. The van der Waals surface area contributed by atoms with Crippen molar-refractivity contribution in [1.82, 2.24) is 20.3 Å². The summed E-state index contributed by atoms with van der Waals surface area (Å²) in [5.41, 5.74) is 8.16. The minimum atomic E-state index is -1.24. The molecule has 0 saturated carbocycles. The van der Waals surface area contributed by atoms with E-state index in [4.69, 9.17) is 9.72 Å². The minimum Gasteiger partial charge on any atom is -0.376 e. The van der Waals surface area contributed by atoms with Crippen LogP contribution >= 0.6 is 0 Å². The van der Waals surface area contributed by atoms with E-state index in [0.717, 1.165) is 53.1 Å². The molecule has 4 aromatic carbocycles. The first-order valence-electron chi connectivity index (χ1n) is 18.4. The van der Waals surface area contributed by atoms with Crippen LogP contribution in [0.5, 0.6) is 0 Å². The van der Waals surface area contributed by atoms with Crippen molar-refractivity contribution in [2.45, 2.75) is 58.1 Å². The molecule has 0 saturated heterocycles. The number of hydrogen-bond donors (Lipinski definition) is 3. The van der Waals surface area contributed by atoms with Gasteiger partial charge < -0.3 is 20.4 Å². The molecule has 0 atom stereocenters. The molecule has 3 heterocycles. The number of aromatic nitrogens is 3. The van der Waals surface area contributed by atoms with Gasteiger partial charge in [-0.3, -0.25) is 4.79 Å². The molecule has 0 bridgehead atoms. The quantitative estimate of drug-likeness (QED) is 0.118. The number of hydrogen-bond acceptors (Lipinski definition) is 5. The number of nitrogens with zero attached hydrogens (tertiary/aromatic N) is 2. The summed E-state index contributed by atoms with van der Waals surface area (Å²) in [5.74, 6) is -0.169. The normalized spacial score (nSPS) is 13.7. The van der Waals surface area contributed by atoms with E-state index < -0.39 is 8.80 Å². The van der Waals surface area contributed by atoms with Gasteiger partial charge in [-0.05, 0) is 58.8 Å². The van der Waals surface area contributed by atoms with Crippen LogP contribution in [0.3, 0.4) is 0 Å². The number of rotatable bonds is 11. The lowest BCUT2D eigenvalue weighted by Crippen LogP contribution is -2.51. The van der Waals surface area contributed by atoms with Crippen molar-refractivity contribution in [1.29, 1.82) is 0 Å². The van der Waals surface area contributed by atoms with Gasteiger partial charge >= 0.3 is 0 Å². The van der Waals surface area contributed by atoms with Crippen LogP contribution in [-0.2, 0) is 16.8 Å². The highest BCUT2D eigenvalue weighted by Crippen LogP contribution is 2.36. The molecular weight excluding hydrogens is 671 g/mol. The fourth-order valence-corrected chi connectivity index (χ4v) is 10.4. The minimum absolute atomic E-state index is 0.00483. The Bertz CT molecular complexity index is 2180. The van der Waals surface area contributed by atoms with Gasteiger partial charge in [0.2, 0.25) is 0 Å². The van der Waals surface area contributed by atoms with Crippen molar-refractivity contribution in [3.8, 4) is 11.3 Å². The molecule has 0 unspecified atom stereocenters. The van der Waals surface area contributed by atoms with E-state index in [1.54, 1.807) is 6.33 Å². The van der Waals surface area contributed by atoms with Crippen LogP contribution in [0.1, 0.15) is 68.2 Å². The van der Waals surface area contributed by atoms with E-state index >= 15 is 0 Å². The Morgan fingerprint density at radius 2 is 1.55 bits per heavy atom. The first-order valence-corrected chi connectivity index (χ1v) is 19.9. The predicted octanol–water partition coefficient (Wildman–Crippen LogP) is 8.16. The third kappa shape index (κ3) is 8.10. The lowest BCUT2D eigenvalue weighted by Gasteiger charge is -2.33. The molecule has 1 amide bonds. The highest BCUT2D eigenvalue weighted by atomic mass is 28.3. The lowest BCUT2D eigenvalue weighted by atomic mass is 9.86. The van der Waals surface area contributed by atoms with E-state index in [1.165, 1.54) is 21.5 Å². The fraction of sp³-hybridized carbons (Fsp3) is 0.267. The second-order valence-electron chi connectivity index (χ2n) is 15.4. The second-order valence-corrected chi connectivity index (χ2v) is 18.7. The standard InChI is InChI=1S/C45H48N5O2Si/c1-44(2,3)33-21-19-32(20-22-33)43(51)50-39-18-12-17-36(41-37-27-40(31-23-25-46-26-24-31)49-42(37)48-30-47-41)38(39)28-52-29-45(4,5)53(34-13-8-6-9-14-34)35-15-10-7-11-16-35/h6-23,27,30,46H,24-26,28-29H2,1-5H3,(H,50,51)(H,47,48,49). The molecule has 1 aliphatic heterocycles. The van der Waals surface area contributed by atoms with Crippen LogP contribution in [-0.4, -0.2) is 49.4 Å². The maximum absolute atomic E-state index is 13.8. The Morgan fingerprint density at radius 3 is 2.19 bits per heavy atom. The van der Waals surface area contributed by atoms with Crippen molar-refractivity contribution in [3.05, 3.63) is 144 Å². The maximum atomic E-state index is 13.8. The van der Waals surface area contributed by atoms with Crippen LogP contribution in [0.2, 0.25) is 5.04 Å². The summed E-state index contributed by atoms with van der Waals surface area (Å²) in [4.78, 5) is 26.8. The summed E-state index contributed by atoms with van der Waals surface area (Å²) >= 11 is 0. The number of benzene rings is 4. The van der Waals surface area contributed by atoms with E-state index in [-0.39, 0.29) is 23.0 Å². The summed E-state index contributed by atoms with van der Waals surface area (Å²) in [6.07, 6.45) is 4.78. The van der Waals surface area contributed by atoms with Crippen molar-refractivity contribution in [2.75, 3.05) is 25.0 Å². The summed E-state index contributed by atoms with van der Waals surface area (Å²) < 4.78 is 6.77. The zero-order valence-corrected chi connectivity index (χ0v) is 32.3. The number of carbonyl (C=O) groups excluding carboxylic acids is 1. The topological polar surface area (TPSA) is 91.9 Å². The molecule has 53 heavy (non-hydrogen) atoms. The molecular formula is C45H48N5O2Si. The largest absolute Gasteiger partial charge is 0.376 e. The highest BCUT2D eigenvalue weighted by molar-refractivity contribution is 6.87. The molecule has 0 spiro atoms. The van der Waals surface area contributed by atoms with Gasteiger partial charge in [-0.15, -0.1) is 0 Å². The SMILES string of the molecule is CC(C)(C)c1ccc(C(=O)Nc2cccc(-c3ncnc4[nH]c(C5=CCNCC5)cc34)c2COCC(C)(C)[Si](c2ccccc2)c2ccccc2)cc1. The first-order chi connectivity index (χ1) is 25.6. The van der Waals surface area contributed by atoms with Crippen LogP contribution in [0.4, 0.5) is 5.69 Å². The Hall–Kier alpha value is -5.15. The first kappa shape index (κ1) is 36.2. The number of carbonyl (C=O) groups is 1. The Balaban J connectivity index is 1.24. The van der Waals surface area contributed by atoms with Crippen LogP contribution in [0.25, 0.3) is 27.9 Å². The number of nitrogens with one attached hydrogen (secondary N) is 3. The Morgan fingerprint density at radius 1 is 0.849 bits per heavy atom. The third-order valence-electron chi connectivity index (χ3n) is 10.0. The number of H-pyrrole nitrogens is 1. The van der Waals surface area contributed by atoms with Gasteiger partial charge in [-0.2, -0.15) is 0 Å². The van der Waals surface area contributed by atoms with Gasteiger partial charge in [0.05, 0.1) is 18.9 Å². The number of fused-ring (bicyclic) bond motifs is 1. The zero-order valence-electron chi connectivity index (χ0n) is 31.3. The molecule has 0 fully saturated rings. The van der Waals surface area contributed by atoms with E-state index in [2.05, 4.69) is 134 Å². The zero-order chi connectivity index (χ0) is 37.0. The molecule has 7 rings (SSSR count). The van der Waals surface area contributed by atoms with Crippen LogP contribution in [0, 0.1) is 0 Å². The summed E-state index contributed by atoms with van der Waals surface area (Å²) in [6, 6.07) is 37.6. The molecule has 269 valence electrons. The molecule has 7 nitrogen and oxygen atoms in total. The highest BCUT2D eigenvalue weighted by Gasteiger charge is 2.35. The van der Waals surface area contributed by atoms with Gasteiger partial charge in [-0.25, -0.2) is 9.97 Å². The average molecular weight is 719 g/mol. The summed E-state index contributed by atoms with van der Waals surface area (Å²) in [6.45, 7) is 13.7. The Kier molecular flexibility index (Phi) is 10.6. The van der Waals surface area contributed by atoms with Gasteiger partial charge in [0.1, 0.15) is 20.8 Å². The monoisotopic (exact) mass is 718 g/mol. The van der Waals surface area contributed by atoms with Crippen LogP contribution < -0.4 is 21.0 Å². The summed E-state index contributed by atoms with van der Waals surface area (Å²) in [5, 5.41) is 10.1. The van der Waals surface area contributed by atoms with E-state index in [0.29, 0.717) is 17.9 Å². The summed E-state index contributed by atoms with van der Waals surface area (Å²) in [7, 11) is -1.24. The Labute approximate surface area is 314 Å². The van der Waals surface area contributed by atoms with Gasteiger partial charge in [0.15, 0.2) is 0 Å². The lowest BCUT2D eigenvalue weighted by molar-refractivity contribution is 0.100. The van der Waals surface area contributed by atoms with Crippen molar-refractivity contribution >= 4 is 47.4 Å². The number of anilines is 1. The number of ether oxygens (including phenoxy) is 1. The molecule has 0 aliphatic carbocycles. The van der Waals surface area contributed by atoms with E-state index in [1.807, 2.05) is 36.4 Å². The van der Waals surface area contributed by atoms with Gasteiger partial charge in [0, 0.05) is 40.0 Å². The molecule has 1 aliphatic rings. The van der Waals surface area contributed by atoms with Crippen molar-refractivity contribution < 1.29 is 9.53 Å². The molecule has 2 aromatic heterocycles. The van der Waals surface area contributed by atoms with Gasteiger partial charge in [-0.1, -0.05) is 136 Å². The number of aromatic amines is 1. The molecule has 1 radical (unpaired) electrons. The predicted molar refractivity (Wildman–Crippen MR) is 219 cm³/mol. The second kappa shape index (κ2) is 15.4. The maximum Gasteiger partial charge on any atom is 0.255 e. The van der Waals surface area contributed by atoms with Crippen LogP contribution in [0.15, 0.2) is 122 Å². The molecule has 3 N–H and O–H groups in total.